The Morgan fingerprint density at radius 2 is 2.20 bits per heavy atom. The van der Waals surface area contributed by atoms with Gasteiger partial charge in [-0.2, -0.15) is 0 Å². The summed E-state index contributed by atoms with van der Waals surface area (Å²) in [7, 11) is 0. The summed E-state index contributed by atoms with van der Waals surface area (Å²) >= 11 is 1.26. The Balaban J connectivity index is 1.88. The standard InChI is InChI=1S/C17H17NOS/c1-12(19)20-10-4-5-13-8-9-17-15(11-13)14-6-2-3-7-16(14)18-17/h8-9,11,18H,2-3,6-7,10H2,1H3. The molecule has 1 N–H and O–H groups in total. The quantitative estimate of drug-likeness (QED) is 0.810. The first kappa shape index (κ1) is 13.3. The van der Waals surface area contributed by atoms with Gasteiger partial charge in [0, 0.05) is 29.1 Å². The Morgan fingerprint density at radius 3 is 3.05 bits per heavy atom. The van der Waals surface area contributed by atoms with Gasteiger partial charge < -0.3 is 4.98 Å². The number of rotatable bonds is 1. The van der Waals surface area contributed by atoms with E-state index in [9.17, 15) is 4.79 Å². The maximum atomic E-state index is 10.8. The van der Waals surface area contributed by atoms with Gasteiger partial charge in [0.1, 0.15) is 0 Å². The Hall–Kier alpha value is -1.66. The molecule has 0 atom stereocenters. The van der Waals surface area contributed by atoms with Gasteiger partial charge in [-0.05, 0) is 49.4 Å². The number of H-pyrrole nitrogens is 1. The number of benzene rings is 1. The van der Waals surface area contributed by atoms with Crippen molar-refractivity contribution in [3.05, 3.63) is 35.0 Å². The van der Waals surface area contributed by atoms with Gasteiger partial charge in [-0.15, -0.1) is 0 Å². The van der Waals surface area contributed by atoms with E-state index in [1.807, 2.05) is 0 Å². The molecular weight excluding hydrogens is 266 g/mol. The topological polar surface area (TPSA) is 32.9 Å². The zero-order valence-electron chi connectivity index (χ0n) is 11.6. The molecule has 1 heterocycles. The second-order valence-electron chi connectivity index (χ2n) is 5.13. The lowest BCUT2D eigenvalue weighted by Crippen LogP contribution is -1.99. The Morgan fingerprint density at radius 1 is 1.35 bits per heavy atom. The molecular formula is C17H17NOS. The average molecular weight is 283 g/mol. The minimum atomic E-state index is 0.120. The number of fused-ring (bicyclic) bond motifs is 3. The highest BCUT2D eigenvalue weighted by molar-refractivity contribution is 8.13. The van der Waals surface area contributed by atoms with Crippen LogP contribution in [-0.4, -0.2) is 15.9 Å². The smallest absolute Gasteiger partial charge is 0.186 e. The minimum absolute atomic E-state index is 0.120. The van der Waals surface area contributed by atoms with E-state index in [1.165, 1.54) is 59.6 Å². The van der Waals surface area contributed by atoms with Crippen molar-refractivity contribution in [1.29, 1.82) is 0 Å². The molecule has 1 aliphatic carbocycles. The molecule has 0 bridgehead atoms. The molecule has 20 heavy (non-hydrogen) atoms. The highest BCUT2D eigenvalue weighted by Crippen LogP contribution is 2.29. The van der Waals surface area contributed by atoms with Gasteiger partial charge in [-0.25, -0.2) is 0 Å². The van der Waals surface area contributed by atoms with E-state index < -0.39 is 0 Å². The fourth-order valence-electron chi connectivity index (χ4n) is 2.76. The van der Waals surface area contributed by atoms with Gasteiger partial charge in [0.15, 0.2) is 5.12 Å². The maximum Gasteiger partial charge on any atom is 0.186 e. The van der Waals surface area contributed by atoms with Crippen LogP contribution in [0.25, 0.3) is 10.9 Å². The molecule has 3 heteroatoms. The van der Waals surface area contributed by atoms with Crippen molar-refractivity contribution in [1.82, 2.24) is 4.98 Å². The lowest BCUT2D eigenvalue weighted by atomic mass is 9.95. The summed E-state index contributed by atoms with van der Waals surface area (Å²) in [6, 6.07) is 6.35. The molecule has 0 saturated heterocycles. The molecule has 1 aromatic heterocycles. The Bertz CT molecular complexity index is 718. The van der Waals surface area contributed by atoms with E-state index in [-0.39, 0.29) is 5.12 Å². The van der Waals surface area contributed by atoms with Crippen molar-refractivity contribution < 1.29 is 4.79 Å². The molecule has 0 amide bonds. The molecule has 2 nitrogen and oxygen atoms in total. The van der Waals surface area contributed by atoms with Crippen molar-refractivity contribution in [3.8, 4) is 11.8 Å². The molecule has 0 unspecified atom stereocenters. The first-order valence-electron chi connectivity index (χ1n) is 7.00. The highest BCUT2D eigenvalue weighted by Gasteiger charge is 2.14. The molecule has 0 spiro atoms. The van der Waals surface area contributed by atoms with Crippen LogP contribution in [0, 0.1) is 11.8 Å². The fraction of sp³-hybridized carbons (Fsp3) is 0.353. The van der Waals surface area contributed by atoms with E-state index in [0.29, 0.717) is 5.75 Å². The number of thioether (sulfide) groups is 1. The van der Waals surface area contributed by atoms with Crippen LogP contribution in [0.1, 0.15) is 36.6 Å². The molecule has 1 aromatic carbocycles. The molecule has 0 aliphatic heterocycles. The van der Waals surface area contributed by atoms with Crippen LogP contribution in [0.2, 0.25) is 0 Å². The van der Waals surface area contributed by atoms with Crippen LogP contribution in [0.15, 0.2) is 18.2 Å². The lowest BCUT2D eigenvalue weighted by molar-refractivity contribution is -0.109. The van der Waals surface area contributed by atoms with Gasteiger partial charge in [0.25, 0.3) is 0 Å². The van der Waals surface area contributed by atoms with Crippen LogP contribution < -0.4 is 0 Å². The SMILES string of the molecule is CC(=O)SCC#Cc1ccc2[nH]c3c(c2c1)CCCC3. The Kier molecular flexibility index (Phi) is 3.84. The second-order valence-corrected chi connectivity index (χ2v) is 6.28. The first-order valence-corrected chi connectivity index (χ1v) is 7.98. The number of aromatic amines is 1. The van der Waals surface area contributed by atoms with Crippen molar-refractivity contribution in [3.63, 3.8) is 0 Å². The van der Waals surface area contributed by atoms with Gasteiger partial charge in [0.2, 0.25) is 0 Å². The summed E-state index contributed by atoms with van der Waals surface area (Å²) in [4.78, 5) is 14.4. The van der Waals surface area contributed by atoms with Crippen molar-refractivity contribution in [2.24, 2.45) is 0 Å². The normalized spacial score (nSPS) is 13.7. The first-order chi connectivity index (χ1) is 9.74. The van der Waals surface area contributed by atoms with Crippen LogP contribution in [0.3, 0.4) is 0 Å². The third kappa shape index (κ3) is 2.76. The number of aryl methyl sites for hydroxylation is 2. The largest absolute Gasteiger partial charge is 0.358 e. The minimum Gasteiger partial charge on any atom is -0.358 e. The number of nitrogens with one attached hydrogen (secondary N) is 1. The van der Waals surface area contributed by atoms with Gasteiger partial charge >= 0.3 is 0 Å². The molecule has 2 aromatic rings. The average Bonchev–Trinajstić information content (AvgIpc) is 2.81. The van der Waals surface area contributed by atoms with Crippen LogP contribution in [0.4, 0.5) is 0 Å². The van der Waals surface area contributed by atoms with Gasteiger partial charge in [-0.3, -0.25) is 4.79 Å². The lowest BCUT2D eigenvalue weighted by Gasteiger charge is -2.10. The zero-order chi connectivity index (χ0) is 13.9. The van der Waals surface area contributed by atoms with Gasteiger partial charge in [-0.1, -0.05) is 23.6 Å². The number of carbonyl (C=O) groups excluding carboxylic acids is 1. The third-order valence-corrected chi connectivity index (χ3v) is 4.37. The van der Waals surface area contributed by atoms with E-state index in [2.05, 4.69) is 35.0 Å². The maximum absolute atomic E-state index is 10.8. The number of hydrogen-bond acceptors (Lipinski definition) is 2. The predicted molar refractivity (Wildman–Crippen MR) is 85.0 cm³/mol. The molecule has 0 fully saturated rings. The van der Waals surface area contributed by atoms with Crippen molar-refractivity contribution in [2.75, 3.05) is 5.75 Å². The Labute approximate surface area is 123 Å². The predicted octanol–water partition coefficient (Wildman–Crippen LogP) is 3.68. The molecule has 0 saturated carbocycles. The van der Waals surface area contributed by atoms with Crippen LogP contribution in [0.5, 0.6) is 0 Å². The van der Waals surface area contributed by atoms with E-state index in [0.717, 1.165) is 5.56 Å². The third-order valence-electron chi connectivity index (χ3n) is 3.68. The summed E-state index contributed by atoms with van der Waals surface area (Å²) in [6.07, 6.45) is 4.91. The highest BCUT2D eigenvalue weighted by atomic mass is 32.2. The van der Waals surface area contributed by atoms with E-state index >= 15 is 0 Å². The molecule has 0 radical (unpaired) electrons. The van der Waals surface area contributed by atoms with Crippen molar-refractivity contribution in [2.45, 2.75) is 32.6 Å². The van der Waals surface area contributed by atoms with E-state index in [4.69, 9.17) is 0 Å². The summed E-state index contributed by atoms with van der Waals surface area (Å²) in [5.74, 6) is 6.77. The fourth-order valence-corrected chi connectivity index (χ4v) is 3.11. The van der Waals surface area contributed by atoms with E-state index in [1.54, 1.807) is 6.92 Å². The molecule has 102 valence electrons. The van der Waals surface area contributed by atoms with Crippen molar-refractivity contribution >= 4 is 27.8 Å². The van der Waals surface area contributed by atoms with Crippen LogP contribution >= 0.6 is 11.8 Å². The summed E-state index contributed by atoms with van der Waals surface area (Å²) in [5.41, 5.74) is 5.14. The molecule has 1 aliphatic rings. The molecule has 3 rings (SSSR count). The number of aromatic nitrogens is 1. The second kappa shape index (κ2) is 5.76. The summed E-state index contributed by atoms with van der Waals surface area (Å²) in [5, 5.41) is 1.44. The number of hydrogen-bond donors (Lipinski definition) is 1. The summed E-state index contributed by atoms with van der Waals surface area (Å²) in [6.45, 7) is 1.57. The van der Waals surface area contributed by atoms with Crippen LogP contribution in [-0.2, 0) is 17.6 Å². The van der Waals surface area contributed by atoms with Gasteiger partial charge in [0.05, 0.1) is 5.75 Å². The zero-order valence-corrected chi connectivity index (χ0v) is 12.4. The number of carbonyl (C=O) groups is 1. The monoisotopic (exact) mass is 283 g/mol. The summed E-state index contributed by atoms with van der Waals surface area (Å²) < 4.78 is 0.